The van der Waals surface area contributed by atoms with Crippen LogP contribution in [0.5, 0.6) is 0 Å². The van der Waals surface area contributed by atoms with Crippen molar-refractivity contribution in [3.05, 3.63) is 42.3 Å². The minimum Gasteiger partial charge on any atom is -0.0623 e. The maximum absolute atomic E-state index is 2.25. The van der Waals surface area contributed by atoms with E-state index < -0.39 is 0 Å². The van der Waals surface area contributed by atoms with Crippen molar-refractivity contribution in [2.45, 2.75) is 39.0 Å². The smallest absolute Gasteiger partial charge is 0.0279 e. The molecule has 0 aliphatic carbocycles. The second kappa shape index (κ2) is 6.71. The van der Waals surface area contributed by atoms with Crippen molar-refractivity contribution >= 4 is 0 Å². The van der Waals surface area contributed by atoms with Crippen LogP contribution in [0.3, 0.4) is 0 Å². The number of benzene rings is 1. The SMILES string of the molecule is C[CH]CCCCCc1ccccc1. The zero-order chi connectivity index (χ0) is 9.36. The summed E-state index contributed by atoms with van der Waals surface area (Å²) < 4.78 is 0. The standard InChI is InChI=1S/C13H19/c1-2-3-4-5-7-10-13-11-8-6-9-12-13/h2,6,8-9,11-12H,3-5,7,10H2,1H3. The number of rotatable bonds is 6. The van der Waals surface area contributed by atoms with E-state index in [2.05, 4.69) is 43.7 Å². The quantitative estimate of drug-likeness (QED) is 0.573. The van der Waals surface area contributed by atoms with Gasteiger partial charge in [0.15, 0.2) is 0 Å². The molecule has 0 saturated heterocycles. The van der Waals surface area contributed by atoms with Gasteiger partial charge in [0.1, 0.15) is 0 Å². The van der Waals surface area contributed by atoms with Crippen molar-refractivity contribution in [3.8, 4) is 0 Å². The zero-order valence-corrected chi connectivity index (χ0v) is 8.50. The number of aryl methyl sites for hydroxylation is 1. The highest BCUT2D eigenvalue weighted by molar-refractivity contribution is 5.14. The first kappa shape index (κ1) is 10.3. The molecular weight excluding hydrogens is 156 g/mol. The Hall–Kier alpha value is -0.780. The second-order valence-corrected chi connectivity index (χ2v) is 3.49. The van der Waals surface area contributed by atoms with E-state index >= 15 is 0 Å². The largest absolute Gasteiger partial charge is 0.0623 e. The Balaban J connectivity index is 2.07. The van der Waals surface area contributed by atoms with Gasteiger partial charge in [-0.3, -0.25) is 0 Å². The Morgan fingerprint density at radius 3 is 2.46 bits per heavy atom. The van der Waals surface area contributed by atoms with Crippen molar-refractivity contribution < 1.29 is 0 Å². The van der Waals surface area contributed by atoms with E-state index in [1.165, 1.54) is 37.7 Å². The predicted octanol–water partition coefficient (Wildman–Crippen LogP) is 4.01. The van der Waals surface area contributed by atoms with E-state index in [4.69, 9.17) is 0 Å². The fourth-order valence-corrected chi connectivity index (χ4v) is 1.50. The molecular formula is C13H19. The summed E-state index contributed by atoms with van der Waals surface area (Å²) in [5.74, 6) is 0. The average molecular weight is 175 g/mol. The number of hydrogen-bond donors (Lipinski definition) is 0. The maximum atomic E-state index is 2.25. The van der Waals surface area contributed by atoms with Crippen molar-refractivity contribution in [3.63, 3.8) is 0 Å². The zero-order valence-electron chi connectivity index (χ0n) is 8.50. The van der Waals surface area contributed by atoms with Crippen molar-refractivity contribution in [2.24, 2.45) is 0 Å². The maximum Gasteiger partial charge on any atom is -0.0279 e. The summed E-state index contributed by atoms with van der Waals surface area (Å²) in [4.78, 5) is 0. The third kappa shape index (κ3) is 4.72. The molecule has 0 heteroatoms. The van der Waals surface area contributed by atoms with E-state index in [1.54, 1.807) is 0 Å². The molecule has 0 N–H and O–H groups in total. The van der Waals surface area contributed by atoms with Crippen LogP contribution < -0.4 is 0 Å². The van der Waals surface area contributed by atoms with Crippen LogP contribution in [0.1, 0.15) is 38.2 Å². The van der Waals surface area contributed by atoms with Crippen molar-refractivity contribution in [1.29, 1.82) is 0 Å². The Morgan fingerprint density at radius 2 is 1.77 bits per heavy atom. The van der Waals surface area contributed by atoms with Gasteiger partial charge in [-0.2, -0.15) is 0 Å². The van der Waals surface area contributed by atoms with Gasteiger partial charge in [-0.15, -0.1) is 0 Å². The lowest BCUT2D eigenvalue weighted by molar-refractivity contribution is 0.674. The van der Waals surface area contributed by atoms with Crippen LogP contribution in [-0.4, -0.2) is 0 Å². The first-order valence-electron chi connectivity index (χ1n) is 5.25. The molecule has 0 aliphatic rings. The summed E-state index contributed by atoms with van der Waals surface area (Å²) in [7, 11) is 0. The summed E-state index contributed by atoms with van der Waals surface area (Å²) in [6.45, 7) is 2.14. The highest BCUT2D eigenvalue weighted by Gasteiger charge is 1.91. The summed E-state index contributed by atoms with van der Waals surface area (Å²) in [5.41, 5.74) is 1.47. The molecule has 1 aromatic carbocycles. The molecule has 0 spiro atoms. The van der Waals surface area contributed by atoms with Gasteiger partial charge in [-0.25, -0.2) is 0 Å². The second-order valence-electron chi connectivity index (χ2n) is 3.49. The lowest BCUT2D eigenvalue weighted by atomic mass is 10.1. The molecule has 0 saturated carbocycles. The molecule has 0 bridgehead atoms. The summed E-state index contributed by atoms with van der Waals surface area (Å²) in [6.07, 6.45) is 8.81. The first-order chi connectivity index (χ1) is 6.43. The molecule has 71 valence electrons. The van der Waals surface area contributed by atoms with Crippen LogP contribution in [0.4, 0.5) is 0 Å². The number of hydrogen-bond acceptors (Lipinski definition) is 0. The molecule has 0 amide bonds. The Bertz CT molecular complexity index is 201. The highest BCUT2D eigenvalue weighted by atomic mass is 14.0. The summed E-state index contributed by atoms with van der Waals surface area (Å²) >= 11 is 0. The van der Waals surface area contributed by atoms with E-state index in [9.17, 15) is 0 Å². The van der Waals surface area contributed by atoms with E-state index in [0.29, 0.717) is 0 Å². The fourth-order valence-electron chi connectivity index (χ4n) is 1.50. The van der Waals surface area contributed by atoms with Gasteiger partial charge in [0, 0.05) is 0 Å². The number of unbranched alkanes of at least 4 members (excludes halogenated alkanes) is 4. The molecule has 13 heavy (non-hydrogen) atoms. The van der Waals surface area contributed by atoms with Gasteiger partial charge in [0.25, 0.3) is 0 Å². The molecule has 0 aliphatic heterocycles. The third-order valence-electron chi connectivity index (χ3n) is 2.30. The molecule has 0 unspecified atom stereocenters. The van der Waals surface area contributed by atoms with Crippen LogP contribution in [0, 0.1) is 6.42 Å². The summed E-state index contributed by atoms with van der Waals surface area (Å²) in [5, 5.41) is 0. The van der Waals surface area contributed by atoms with Crippen molar-refractivity contribution in [1.82, 2.24) is 0 Å². The van der Waals surface area contributed by atoms with Gasteiger partial charge >= 0.3 is 0 Å². The van der Waals surface area contributed by atoms with Crippen LogP contribution in [-0.2, 0) is 6.42 Å². The van der Waals surface area contributed by atoms with Crippen molar-refractivity contribution in [2.75, 3.05) is 0 Å². The minimum absolute atomic E-state index is 1.24. The van der Waals surface area contributed by atoms with E-state index in [-0.39, 0.29) is 0 Å². The lowest BCUT2D eigenvalue weighted by Gasteiger charge is -2.00. The minimum atomic E-state index is 1.24. The van der Waals surface area contributed by atoms with Crippen LogP contribution in [0.25, 0.3) is 0 Å². The monoisotopic (exact) mass is 175 g/mol. The molecule has 0 nitrogen and oxygen atoms in total. The molecule has 1 rings (SSSR count). The third-order valence-corrected chi connectivity index (χ3v) is 2.30. The van der Waals surface area contributed by atoms with Gasteiger partial charge in [0.2, 0.25) is 0 Å². The molecule has 0 fully saturated rings. The van der Waals surface area contributed by atoms with Gasteiger partial charge in [-0.1, -0.05) is 56.5 Å². The molecule has 0 atom stereocenters. The first-order valence-corrected chi connectivity index (χ1v) is 5.25. The molecule has 0 aromatic heterocycles. The van der Waals surface area contributed by atoms with Gasteiger partial charge < -0.3 is 0 Å². The normalized spacial score (nSPS) is 10.2. The fraction of sp³-hybridized carbons (Fsp3) is 0.462. The van der Waals surface area contributed by atoms with Gasteiger partial charge in [-0.05, 0) is 24.8 Å². The average Bonchev–Trinajstić information content (AvgIpc) is 2.19. The summed E-state index contributed by atoms with van der Waals surface area (Å²) in [6, 6.07) is 10.7. The van der Waals surface area contributed by atoms with E-state index in [0.717, 1.165) is 0 Å². The van der Waals surface area contributed by atoms with Gasteiger partial charge in [0.05, 0.1) is 0 Å². The van der Waals surface area contributed by atoms with Crippen LogP contribution in [0.15, 0.2) is 30.3 Å². The van der Waals surface area contributed by atoms with Crippen LogP contribution in [0.2, 0.25) is 0 Å². The Morgan fingerprint density at radius 1 is 1.00 bits per heavy atom. The Kier molecular flexibility index (Phi) is 5.31. The Labute approximate surface area is 82.0 Å². The topological polar surface area (TPSA) is 0 Å². The predicted molar refractivity (Wildman–Crippen MR) is 58.6 cm³/mol. The van der Waals surface area contributed by atoms with Crippen LogP contribution >= 0.6 is 0 Å². The molecule has 0 heterocycles. The highest BCUT2D eigenvalue weighted by Crippen LogP contribution is 2.07. The molecule has 1 aromatic rings. The lowest BCUT2D eigenvalue weighted by Crippen LogP contribution is -1.84. The molecule has 1 radical (unpaired) electrons. The van der Waals surface area contributed by atoms with E-state index in [1.807, 2.05) is 0 Å².